The Kier molecular flexibility index (Phi) is 4.79. The van der Waals surface area contributed by atoms with Gasteiger partial charge in [-0.1, -0.05) is 0 Å². The predicted octanol–water partition coefficient (Wildman–Crippen LogP) is 0.863. The van der Waals surface area contributed by atoms with Crippen molar-refractivity contribution in [1.29, 1.82) is 0 Å². The van der Waals surface area contributed by atoms with Gasteiger partial charge < -0.3 is 19.7 Å². The highest BCUT2D eigenvalue weighted by molar-refractivity contribution is 4.96. The van der Waals surface area contributed by atoms with Gasteiger partial charge in [0.25, 0.3) is 0 Å². The van der Waals surface area contributed by atoms with Crippen LogP contribution in [0.25, 0.3) is 0 Å². The maximum Gasteiger partial charge on any atom is 0.0928 e. The minimum Gasteiger partial charge on any atom is -0.382 e. The first kappa shape index (κ1) is 13.3. The van der Waals surface area contributed by atoms with Crippen LogP contribution in [-0.4, -0.2) is 63.5 Å². The van der Waals surface area contributed by atoms with Gasteiger partial charge in [-0.25, -0.2) is 0 Å². The molecule has 17 heavy (non-hydrogen) atoms. The van der Waals surface area contributed by atoms with Gasteiger partial charge in [-0.3, -0.25) is 0 Å². The highest BCUT2D eigenvalue weighted by Crippen LogP contribution is 2.34. The van der Waals surface area contributed by atoms with E-state index in [1.54, 1.807) is 14.2 Å². The van der Waals surface area contributed by atoms with Crippen LogP contribution < -0.4 is 5.32 Å². The molecule has 0 saturated carbocycles. The minimum atomic E-state index is 0.178. The predicted molar refractivity (Wildman–Crippen MR) is 68.3 cm³/mol. The number of nitrogens with zero attached hydrogens (tertiary/aromatic N) is 1. The van der Waals surface area contributed by atoms with Crippen LogP contribution in [0.5, 0.6) is 0 Å². The van der Waals surface area contributed by atoms with E-state index in [1.165, 1.54) is 25.7 Å². The Morgan fingerprint density at radius 1 is 1.24 bits per heavy atom. The summed E-state index contributed by atoms with van der Waals surface area (Å²) in [6.07, 6.45) is 5.51. The molecule has 1 N–H and O–H groups in total. The van der Waals surface area contributed by atoms with Crippen molar-refractivity contribution in [1.82, 2.24) is 10.2 Å². The number of hydrogen-bond acceptors (Lipinski definition) is 4. The number of rotatable bonds is 6. The zero-order valence-electron chi connectivity index (χ0n) is 11.3. The first-order chi connectivity index (χ1) is 8.24. The molecule has 2 rings (SSSR count). The Morgan fingerprint density at radius 2 is 1.88 bits per heavy atom. The fraction of sp³-hybridized carbons (Fsp3) is 1.00. The summed E-state index contributed by atoms with van der Waals surface area (Å²) in [4.78, 5) is 2.57. The third-order valence-electron chi connectivity index (χ3n) is 4.42. The number of hydrogen-bond donors (Lipinski definition) is 1. The quantitative estimate of drug-likeness (QED) is 0.749. The number of ether oxygens (including phenoxy) is 2. The van der Waals surface area contributed by atoms with Crippen LogP contribution >= 0.6 is 0 Å². The van der Waals surface area contributed by atoms with Crippen molar-refractivity contribution in [3.63, 3.8) is 0 Å². The van der Waals surface area contributed by atoms with Crippen LogP contribution in [0.4, 0.5) is 0 Å². The second-order valence-electron chi connectivity index (χ2n) is 5.44. The largest absolute Gasteiger partial charge is 0.382 e. The third kappa shape index (κ3) is 3.19. The average Bonchev–Trinajstić information content (AvgIpc) is 2.56. The van der Waals surface area contributed by atoms with Crippen molar-refractivity contribution in [3.8, 4) is 0 Å². The van der Waals surface area contributed by atoms with Gasteiger partial charge in [-0.05, 0) is 32.7 Å². The van der Waals surface area contributed by atoms with Crippen LogP contribution in [0.3, 0.4) is 0 Å². The molecule has 3 atom stereocenters. The van der Waals surface area contributed by atoms with E-state index in [0.29, 0.717) is 12.6 Å². The average molecular weight is 242 g/mol. The van der Waals surface area contributed by atoms with E-state index in [4.69, 9.17) is 9.47 Å². The van der Waals surface area contributed by atoms with Crippen molar-refractivity contribution < 1.29 is 9.47 Å². The molecule has 3 unspecified atom stereocenters. The second-order valence-corrected chi connectivity index (χ2v) is 5.44. The van der Waals surface area contributed by atoms with Crippen molar-refractivity contribution >= 4 is 0 Å². The summed E-state index contributed by atoms with van der Waals surface area (Å²) in [6, 6.07) is 2.27. The molecule has 0 aliphatic carbocycles. The number of piperidine rings is 1. The molecular formula is C13H26N2O2. The molecule has 4 nitrogen and oxygen atoms in total. The van der Waals surface area contributed by atoms with Crippen LogP contribution in [-0.2, 0) is 9.47 Å². The summed E-state index contributed by atoms with van der Waals surface area (Å²) in [6.45, 7) is 1.57. The van der Waals surface area contributed by atoms with Crippen molar-refractivity contribution in [3.05, 3.63) is 0 Å². The van der Waals surface area contributed by atoms with Gasteiger partial charge in [0, 0.05) is 38.9 Å². The zero-order valence-corrected chi connectivity index (χ0v) is 11.3. The molecule has 0 aromatic heterocycles. The molecule has 2 saturated heterocycles. The number of fused-ring (bicyclic) bond motifs is 2. The fourth-order valence-electron chi connectivity index (χ4n) is 3.27. The van der Waals surface area contributed by atoms with Crippen molar-refractivity contribution in [2.24, 2.45) is 0 Å². The normalized spacial score (nSPS) is 35.1. The number of methoxy groups -OCH3 is 2. The molecule has 2 heterocycles. The summed E-state index contributed by atoms with van der Waals surface area (Å²) in [5, 5.41) is 3.65. The second kappa shape index (κ2) is 6.14. The third-order valence-corrected chi connectivity index (χ3v) is 4.42. The van der Waals surface area contributed by atoms with E-state index in [0.717, 1.165) is 18.6 Å². The molecule has 2 bridgehead atoms. The summed E-state index contributed by atoms with van der Waals surface area (Å²) in [5.41, 5.74) is 0. The van der Waals surface area contributed by atoms with Crippen LogP contribution in [0.15, 0.2) is 0 Å². The molecule has 100 valence electrons. The lowest BCUT2D eigenvalue weighted by Gasteiger charge is -2.37. The Hall–Kier alpha value is -0.160. The van der Waals surface area contributed by atoms with E-state index in [1.807, 2.05) is 0 Å². The molecule has 0 radical (unpaired) electrons. The van der Waals surface area contributed by atoms with Gasteiger partial charge >= 0.3 is 0 Å². The maximum absolute atomic E-state index is 5.37. The highest BCUT2D eigenvalue weighted by atomic mass is 16.5. The smallest absolute Gasteiger partial charge is 0.0928 e. The molecule has 2 aliphatic heterocycles. The maximum atomic E-state index is 5.37. The van der Waals surface area contributed by atoms with E-state index in [2.05, 4.69) is 17.3 Å². The van der Waals surface area contributed by atoms with Gasteiger partial charge in [0.1, 0.15) is 0 Å². The topological polar surface area (TPSA) is 33.7 Å². The lowest BCUT2D eigenvalue weighted by atomic mass is 9.98. The van der Waals surface area contributed by atoms with Gasteiger partial charge in [0.05, 0.1) is 12.7 Å². The SMILES string of the molecule is COCC(CNC1CC2CCC(C1)N2C)OC. The van der Waals surface area contributed by atoms with Crippen LogP contribution in [0, 0.1) is 0 Å². The Bertz CT molecular complexity index is 223. The van der Waals surface area contributed by atoms with Gasteiger partial charge in [0.15, 0.2) is 0 Å². The molecule has 0 spiro atoms. The van der Waals surface area contributed by atoms with Crippen LogP contribution in [0.2, 0.25) is 0 Å². The minimum absolute atomic E-state index is 0.178. The zero-order chi connectivity index (χ0) is 12.3. The lowest BCUT2D eigenvalue weighted by molar-refractivity contribution is 0.0246. The molecule has 4 heteroatoms. The van der Waals surface area contributed by atoms with Gasteiger partial charge in [-0.2, -0.15) is 0 Å². The van der Waals surface area contributed by atoms with E-state index in [-0.39, 0.29) is 6.10 Å². The summed E-state index contributed by atoms with van der Waals surface area (Å²) >= 11 is 0. The molecule has 0 amide bonds. The van der Waals surface area contributed by atoms with Gasteiger partial charge in [0.2, 0.25) is 0 Å². The summed E-state index contributed by atoms with van der Waals surface area (Å²) in [5.74, 6) is 0. The summed E-state index contributed by atoms with van der Waals surface area (Å²) < 4.78 is 10.5. The Morgan fingerprint density at radius 3 is 2.41 bits per heavy atom. The fourth-order valence-corrected chi connectivity index (χ4v) is 3.27. The standard InChI is InChI=1S/C13H26N2O2/c1-15-11-4-5-12(15)7-10(6-11)14-8-13(17-3)9-16-2/h10-14H,4-9H2,1-3H3. The molecule has 2 fully saturated rings. The van der Waals surface area contributed by atoms with E-state index < -0.39 is 0 Å². The summed E-state index contributed by atoms with van der Waals surface area (Å²) in [7, 11) is 5.76. The molecule has 2 aliphatic rings. The molecule has 0 aromatic rings. The van der Waals surface area contributed by atoms with E-state index in [9.17, 15) is 0 Å². The Labute approximate surface area is 105 Å². The monoisotopic (exact) mass is 242 g/mol. The Balaban J connectivity index is 1.73. The van der Waals surface area contributed by atoms with Crippen LogP contribution in [0.1, 0.15) is 25.7 Å². The first-order valence-corrected chi connectivity index (χ1v) is 6.71. The van der Waals surface area contributed by atoms with Gasteiger partial charge in [-0.15, -0.1) is 0 Å². The first-order valence-electron chi connectivity index (χ1n) is 6.71. The van der Waals surface area contributed by atoms with E-state index >= 15 is 0 Å². The van der Waals surface area contributed by atoms with Crippen molar-refractivity contribution in [2.75, 3.05) is 34.4 Å². The molecular weight excluding hydrogens is 216 g/mol. The highest BCUT2D eigenvalue weighted by Gasteiger charge is 2.38. The van der Waals surface area contributed by atoms with Crippen molar-refractivity contribution in [2.45, 2.75) is 49.9 Å². The number of nitrogens with one attached hydrogen (secondary N) is 1. The molecule has 0 aromatic carbocycles. The lowest BCUT2D eigenvalue weighted by Crippen LogP contribution is -2.49.